The van der Waals surface area contributed by atoms with Crippen LogP contribution >= 0.6 is 0 Å². The highest BCUT2D eigenvalue weighted by Gasteiger charge is 2.15. The van der Waals surface area contributed by atoms with E-state index in [0.29, 0.717) is 23.1 Å². The largest absolute Gasteiger partial charge is 0.506 e. The smallest absolute Gasteiger partial charge is 0.347 e. The number of hydrogen-bond donors (Lipinski definition) is 1. The van der Waals surface area contributed by atoms with E-state index in [-0.39, 0.29) is 23.7 Å². The van der Waals surface area contributed by atoms with Crippen LogP contribution in [0.4, 0.5) is 0 Å². The van der Waals surface area contributed by atoms with E-state index in [1.807, 2.05) is 0 Å². The van der Waals surface area contributed by atoms with Crippen molar-refractivity contribution in [1.82, 2.24) is 0 Å². The molecule has 0 aliphatic heterocycles. The molecule has 0 aliphatic carbocycles. The first kappa shape index (κ1) is 15.8. The quantitative estimate of drug-likeness (QED) is 0.589. The van der Waals surface area contributed by atoms with E-state index in [1.165, 1.54) is 0 Å². The molecule has 0 saturated carbocycles. The lowest BCUT2D eigenvalue weighted by atomic mass is 10.0. The average molecular weight is 324 g/mol. The molecule has 3 rings (SSSR count). The summed E-state index contributed by atoms with van der Waals surface area (Å²) in [6, 6.07) is 13.6. The van der Waals surface area contributed by atoms with Crippen molar-refractivity contribution >= 4 is 16.9 Å². The molecule has 0 fully saturated rings. The Kier molecular flexibility index (Phi) is 4.33. The van der Waals surface area contributed by atoms with Crippen molar-refractivity contribution in [2.24, 2.45) is 0 Å². The molecule has 5 nitrogen and oxygen atoms in total. The number of rotatable bonds is 4. The molecule has 122 valence electrons. The third-order valence-corrected chi connectivity index (χ3v) is 3.68. The molecular formula is C19H16O5. The summed E-state index contributed by atoms with van der Waals surface area (Å²) in [5.74, 6) is -0.418. The van der Waals surface area contributed by atoms with E-state index in [1.54, 1.807) is 55.5 Å². The number of ether oxygens (including phenoxy) is 1. The molecule has 0 spiro atoms. The lowest BCUT2D eigenvalue weighted by Crippen LogP contribution is -2.07. The molecule has 0 radical (unpaired) electrons. The summed E-state index contributed by atoms with van der Waals surface area (Å²) >= 11 is 0. The second-order valence-electron chi connectivity index (χ2n) is 5.29. The Morgan fingerprint density at radius 2 is 1.83 bits per heavy atom. The van der Waals surface area contributed by atoms with E-state index in [0.717, 1.165) is 5.56 Å². The van der Waals surface area contributed by atoms with Gasteiger partial charge in [-0.05, 0) is 30.2 Å². The number of hydrogen-bond acceptors (Lipinski definition) is 5. The summed E-state index contributed by atoms with van der Waals surface area (Å²) in [5.41, 5.74) is 1.13. The number of benzene rings is 2. The molecule has 0 bridgehead atoms. The third-order valence-electron chi connectivity index (χ3n) is 3.68. The highest BCUT2D eigenvalue weighted by atomic mass is 16.5. The first-order valence-electron chi connectivity index (χ1n) is 7.60. The summed E-state index contributed by atoms with van der Waals surface area (Å²) in [6.07, 6.45) is 0.159. The zero-order valence-electron chi connectivity index (χ0n) is 13.1. The summed E-state index contributed by atoms with van der Waals surface area (Å²) < 4.78 is 10.2. The molecule has 0 atom stereocenters. The molecule has 1 N–H and O–H groups in total. The van der Waals surface area contributed by atoms with Crippen LogP contribution in [0.25, 0.3) is 22.1 Å². The number of fused-ring (bicyclic) bond motifs is 1. The van der Waals surface area contributed by atoms with Crippen molar-refractivity contribution in [3.8, 4) is 16.9 Å². The summed E-state index contributed by atoms with van der Waals surface area (Å²) in [5, 5.41) is 10.9. The van der Waals surface area contributed by atoms with Gasteiger partial charge in [-0.1, -0.05) is 36.4 Å². The first-order valence-corrected chi connectivity index (χ1v) is 7.60. The van der Waals surface area contributed by atoms with Crippen LogP contribution in [0.5, 0.6) is 5.75 Å². The molecule has 0 unspecified atom stereocenters. The standard InChI is InChI=1S/C19H16O5/c1-2-23-16(20)11-12-7-9-13(10-8-12)17-18(21)14-5-3-4-6-15(14)24-19(17)22/h3-10,21H,2,11H2,1H3. The Morgan fingerprint density at radius 3 is 2.54 bits per heavy atom. The van der Waals surface area contributed by atoms with Crippen molar-refractivity contribution in [2.45, 2.75) is 13.3 Å². The van der Waals surface area contributed by atoms with Crippen LogP contribution in [0.15, 0.2) is 57.7 Å². The Morgan fingerprint density at radius 1 is 1.12 bits per heavy atom. The molecule has 1 aromatic heterocycles. The van der Waals surface area contributed by atoms with Crippen LogP contribution in [0.3, 0.4) is 0 Å². The maximum absolute atomic E-state index is 12.2. The van der Waals surface area contributed by atoms with E-state index in [9.17, 15) is 14.7 Å². The first-order chi connectivity index (χ1) is 11.6. The number of para-hydroxylation sites is 1. The van der Waals surface area contributed by atoms with Gasteiger partial charge in [-0.25, -0.2) is 4.79 Å². The fraction of sp³-hybridized carbons (Fsp3) is 0.158. The predicted octanol–water partition coefficient (Wildman–Crippen LogP) is 3.27. The molecule has 1 heterocycles. The average Bonchev–Trinajstić information content (AvgIpc) is 2.56. The third kappa shape index (κ3) is 3.01. The zero-order valence-corrected chi connectivity index (χ0v) is 13.1. The van der Waals surface area contributed by atoms with Crippen LogP contribution in [0, 0.1) is 0 Å². The van der Waals surface area contributed by atoms with Gasteiger partial charge in [0.2, 0.25) is 0 Å². The second-order valence-corrected chi connectivity index (χ2v) is 5.29. The normalized spacial score (nSPS) is 10.7. The van der Waals surface area contributed by atoms with Gasteiger partial charge in [-0.15, -0.1) is 0 Å². The summed E-state index contributed by atoms with van der Waals surface area (Å²) in [6.45, 7) is 2.09. The van der Waals surface area contributed by atoms with Crippen molar-refractivity contribution in [3.05, 3.63) is 64.5 Å². The maximum Gasteiger partial charge on any atom is 0.347 e. The van der Waals surface area contributed by atoms with E-state index in [2.05, 4.69) is 0 Å². The van der Waals surface area contributed by atoms with Crippen molar-refractivity contribution < 1.29 is 19.1 Å². The van der Waals surface area contributed by atoms with Gasteiger partial charge in [-0.3, -0.25) is 4.79 Å². The van der Waals surface area contributed by atoms with Gasteiger partial charge in [0.15, 0.2) is 0 Å². The van der Waals surface area contributed by atoms with E-state index in [4.69, 9.17) is 9.15 Å². The van der Waals surface area contributed by atoms with Crippen LogP contribution in [-0.2, 0) is 16.0 Å². The number of carbonyl (C=O) groups is 1. The molecule has 0 saturated heterocycles. The zero-order chi connectivity index (χ0) is 17.1. The van der Waals surface area contributed by atoms with Gasteiger partial charge in [0.25, 0.3) is 0 Å². The Bertz CT molecular complexity index is 938. The molecule has 5 heteroatoms. The minimum atomic E-state index is -0.607. The van der Waals surface area contributed by atoms with Gasteiger partial charge in [-0.2, -0.15) is 0 Å². The number of esters is 1. The number of carbonyl (C=O) groups excluding carboxylic acids is 1. The van der Waals surface area contributed by atoms with Crippen molar-refractivity contribution in [1.29, 1.82) is 0 Å². The lowest BCUT2D eigenvalue weighted by molar-refractivity contribution is -0.142. The van der Waals surface area contributed by atoms with Crippen LogP contribution < -0.4 is 5.63 Å². The topological polar surface area (TPSA) is 76.7 Å². The Labute approximate surface area is 138 Å². The molecule has 0 aliphatic rings. The predicted molar refractivity (Wildman–Crippen MR) is 89.9 cm³/mol. The van der Waals surface area contributed by atoms with Gasteiger partial charge in [0.05, 0.1) is 18.4 Å². The fourth-order valence-corrected chi connectivity index (χ4v) is 2.56. The molecule has 0 amide bonds. The van der Waals surface area contributed by atoms with Crippen LogP contribution in [0.2, 0.25) is 0 Å². The number of aromatic hydroxyl groups is 1. The molecule has 3 aromatic rings. The van der Waals surface area contributed by atoms with Gasteiger partial charge in [0.1, 0.15) is 16.9 Å². The van der Waals surface area contributed by atoms with E-state index < -0.39 is 5.63 Å². The van der Waals surface area contributed by atoms with Crippen LogP contribution in [0.1, 0.15) is 12.5 Å². The second kappa shape index (κ2) is 6.58. The van der Waals surface area contributed by atoms with Gasteiger partial charge >= 0.3 is 11.6 Å². The van der Waals surface area contributed by atoms with Crippen molar-refractivity contribution in [2.75, 3.05) is 6.61 Å². The SMILES string of the molecule is CCOC(=O)Cc1ccc(-c2c(O)c3ccccc3oc2=O)cc1. The lowest BCUT2D eigenvalue weighted by Gasteiger charge is -2.07. The summed E-state index contributed by atoms with van der Waals surface area (Å²) in [7, 11) is 0. The Hall–Kier alpha value is -3.08. The highest BCUT2D eigenvalue weighted by Crippen LogP contribution is 2.32. The highest BCUT2D eigenvalue weighted by molar-refractivity contribution is 5.90. The van der Waals surface area contributed by atoms with Gasteiger partial charge in [0, 0.05) is 0 Å². The van der Waals surface area contributed by atoms with Gasteiger partial charge < -0.3 is 14.3 Å². The molecule has 2 aromatic carbocycles. The van der Waals surface area contributed by atoms with E-state index >= 15 is 0 Å². The molecule has 24 heavy (non-hydrogen) atoms. The van der Waals surface area contributed by atoms with Crippen molar-refractivity contribution in [3.63, 3.8) is 0 Å². The Balaban J connectivity index is 1.99. The molecular weight excluding hydrogens is 308 g/mol. The fourth-order valence-electron chi connectivity index (χ4n) is 2.56. The maximum atomic E-state index is 12.2. The summed E-state index contributed by atoms with van der Waals surface area (Å²) in [4.78, 5) is 23.7. The minimum Gasteiger partial charge on any atom is -0.506 e. The van der Waals surface area contributed by atoms with Crippen LogP contribution in [-0.4, -0.2) is 17.7 Å². The monoisotopic (exact) mass is 324 g/mol. The minimum absolute atomic E-state index is 0.108.